The van der Waals surface area contributed by atoms with Gasteiger partial charge in [-0.1, -0.05) is 12.1 Å². The smallest absolute Gasteiger partial charge is 0.225 e. The first-order valence-corrected chi connectivity index (χ1v) is 10.0. The van der Waals surface area contributed by atoms with Crippen LogP contribution in [0.3, 0.4) is 0 Å². The van der Waals surface area contributed by atoms with Crippen molar-refractivity contribution in [3.8, 4) is 0 Å². The van der Waals surface area contributed by atoms with Crippen molar-refractivity contribution in [2.75, 3.05) is 24.6 Å². The summed E-state index contributed by atoms with van der Waals surface area (Å²) in [5.41, 5.74) is 2.42. The van der Waals surface area contributed by atoms with Gasteiger partial charge in [0.1, 0.15) is 0 Å². The number of aliphatic hydroxyl groups excluding tert-OH is 1. The van der Waals surface area contributed by atoms with Crippen molar-refractivity contribution in [1.29, 1.82) is 0 Å². The topological polar surface area (TPSA) is 61.3 Å². The lowest BCUT2D eigenvalue weighted by molar-refractivity contribution is 0.202. The van der Waals surface area contributed by atoms with E-state index in [0.29, 0.717) is 11.5 Å². The largest absolute Gasteiger partial charge is 0.396 e. The van der Waals surface area contributed by atoms with E-state index < -0.39 is 11.6 Å². The van der Waals surface area contributed by atoms with Gasteiger partial charge in [-0.05, 0) is 44.1 Å². The van der Waals surface area contributed by atoms with Crippen molar-refractivity contribution in [2.45, 2.75) is 44.7 Å². The molecule has 5 nitrogen and oxygen atoms in total. The third-order valence-electron chi connectivity index (χ3n) is 5.90. The highest BCUT2D eigenvalue weighted by atomic mass is 19.2. The molecule has 1 unspecified atom stereocenters. The quantitative estimate of drug-likeness (QED) is 0.824. The number of benzene rings is 1. The fourth-order valence-corrected chi connectivity index (χ4v) is 4.13. The van der Waals surface area contributed by atoms with Crippen LogP contribution in [0.15, 0.2) is 24.4 Å². The van der Waals surface area contributed by atoms with Gasteiger partial charge in [-0.3, -0.25) is 0 Å². The Morgan fingerprint density at radius 3 is 2.79 bits per heavy atom. The molecule has 0 saturated carbocycles. The number of aliphatic hydroxyl groups is 1. The second-order valence-corrected chi connectivity index (χ2v) is 7.72. The van der Waals surface area contributed by atoms with Crippen LogP contribution in [0.4, 0.5) is 14.7 Å². The molecule has 2 N–H and O–H groups in total. The molecule has 0 amide bonds. The molecule has 2 heterocycles. The first-order valence-electron chi connectivity index (χ1n) is 10.0. The third-order valence-corrected chi connectivity index (χ3v) is 5.90. The molecule has 1 saturated heterocycles. The van der Waals surface area contributed by atoms with Gasteiger partial charge in [0, 0.05) is 49.6 Å². The monoisotopic (exact) mass is 388 g/mol. The van der Waals surface area contributed by atoms with Crippen LogP contribution in [0.2, 0.25) is 0 Å². The Bertz CT molecular complexity index is 824. The van der Waals surface area contributed by atoms with E-state index in [2.05, 4.69) is 15.2 Å². The van der Waals surface area contributed by atoms with Crippen molar-refractivity contribution in [3.05, 3.63) is 52.9 Å². The standard InChI is InChI=1S/C21H26F2N4O/c22-17-4-1-3-15(20(17)23)11-24-18-5-2-6-19-16(18)12-25-21(26-19)27-9-7-14(13-28)8-10-27/h1,3-4,12,14,18,24,28H,2,5-11,13H2. The molecule has 4 rings (SSSR count). The van der Waals surface area contributed by atoms with Crippen LogP contribution in [0.5, 0.6) is 0 Å². The van der Waals surface area contributed by atoms with E-state index in [0.717, 1.165) is 68.5 Å². The maximum absolute atomic E-state index is 13.9. The van der Waals surface area contributed by atoms with Gasteiger partial charge >= 0.3 is 0 Å². The molecule has 0 radical (unpaired) electrons. The Hall–Kier alpha value is -2.12. The summed E-state index contributed by atoms with van der Waals surface area (Å²) in [6.45, 7) is 2.25. The van der Waals surface area contributed by atoms with Crippen LogP contribution < -0.4 is 10.2 Å². The Morgan fingerprint density at radius 2 is 2.00 bits per heavy atom. The predicted octanol–water partition coefficient (Wildman–Crippen LogP) is 3.13. The molecule has 2 aromatic rings. The zero-order valence-electron chi connectivity index (χ0n) is 15.9. The minimum Gasteiger partial charge on any atom is -0.396 e. The number of hydrogen-bond donors (Lipinski definition) is 2. The summed E-state index contributed by atoms with van der Waals surface area (Å²) in [4.78, 5) is 11.6. The summed E-state index contributed by atoms with van der Waals surface area (Å²) >= 11 is 0. The van der Waals surface area contributed by atoms with E-state index in [1.807, 2.05) is 6.20 Å². The summed E-state index contributed by atoms with van der Waals surface area (Å²) in [7, 11) is 0. The summed E-state index contributed by atoms with van der Waals surface area (Å²) in [5, 5.41) is 12.6. The molecule has 1 aliphatic carbocycles. The number of rotatable bonds is 5. The van der Waals surface area contributed by atoms with Crippen molar-refractivity contribution in [2.24, 2.45) is 5.92 Å². The SMILES string of the molecule is OCC1CCN(c2ncc3c(n2)CCCC3NCc2cccc(F)c2F)CC1. The van der Waals surface area contributed by atoms with Crippen LogP contribution in [-0.2, 0) is 13.0 Å². The highest BCUT2D eigenvalue weighted by molar-refractivity contribution is 5.36. The Labute approximate surface area is 163 Å². The summed E-state index contributed by atoms with van der Waals surface area (Å²) in [6, 6.07) is 4.30. The van der Waals surface area contributed by atoms with Gasteiger partial charge in [-0.25, -0.2) is 18.7 Å². The maximum Gasteiger partial charge on any atom is 0.225 e. The van der Waals surface area contributed by atoms with E-state index in [-0.39, 0.29) is 19.2 Å². The van der Waals surface area contributed by atoms with E-state index in [1.165, 1.54) is 6.07 Å². The number of nitrogens with zero attached hydrogens (tertiary/aromatic N) is 3. The molecule has 0 bridgehead atoms. The molecule has 28 heavy (non-hydrogen) atoms. The van der Waals surface area contributed by atoms with E-state index in [9.17, 15) is 13.9 Å². The van der Waals surface area contributed by atoms with Crippen LogP contribution in [-0.4, -0.2) is 34.8 Å². The number of piperidine rings is 1. The molecule has 2 aliphatic rings. The minimum absolute atomic E-state index is 0.0422. The second-order valence-electron chi connectivity index (χ2n) is 7.72. The second kappa shape index (κ2) is 8.49. The van der Waals surface area contributed by atoms with Crippen LogP contribution in [0.25, 0.3) is 0 Å². The average Bonchev–Trinajstić information content (AvgIpc) is 2.74. The molecule has 0 spiro atoms. The number of hydrogen-bond acceptors (Lipinski definition) is 5. The zero-order chi connectivity index (χ0) is 19.5. The van der Waals surface area contributed by atoms with Crippen molar-refractivity contribution >= 4 is 5.95 Å². The number of aromatic nitrogens is 2. The van der Waals surface area contributed by atoms with E-state index in [4.69, 9.17) is 4.98 Å². The fraction of sp³-hybridized carbons (Fsp3) is 0.524. The molecule has 1 aromatic heterocycles. The highest BCUT2D eigenvalue weighted by Gasteiger charge is 2.25. The number of aryl methyl sites for hydroxylation is 1. The molecular formula is C21H26F2N4O. The zero-order valence-corrected chi connectivity index (χ0v) is 15.9. The van der Waals surface area contributed by atoms with Gasteiger partial charge in [0.2, 0.25) is 5.95 Å². The van der Waals surface area contributed by atoms with Gasteiger partial charge < -0.3 is 15.3 Å². The van der Waals surface area contributed by atoms with Crippen molar-refractivity contribution in [1.82, 2.24) is 15.3 Å². The highest BCUT2D eigenvalue weighted by Crippen LogP contribution is 2.30. The number of halogens is 2. The first-order chi connectivity index (χ1) is 13.7. The maximum atomic E-state index is 13.9. The predicted molar refractivity (Wildman–Crippen MR) is 103 cm³/mol. The average molecular weight is 388 g/mol. The summed E-state index contributed by atoms with van der Waals surface area (Å²) in [5.74, 6) is -0.470. The number of fused-ring (bicyclic) bond motifs is 1. The molecule has 150 valence electrons. The van der Waals surface area contributed by atoms with Crippen molar-refractivity contribution in [3.63, 3.8) is 0 Å². The van der Waals surface area contributed by atoms with Crippen LogP contribution in [0, 0.1) is 17.6 Å². The summed E-state index contributed by atoms with van der Waals surface area (Å²) < 4.78 is 27.3. The Balaban J connectivity index is 1.45. The molecule has 1 atom stereocenters. The van der Waals surface area contributed by atoms with E-state index >= 15 is 0 Å². The fourth-order valence-electron chi connectivity index (χ4n) is 4.13. The Kier molecular flexibility index (Phi) is 5.82. The lowest BCUT2D eigenvalue weighted by Gasteiger charge is -2.32. The summed E-state index contributed by atoms with van der Waals surface area (Å²) in [6.07, 6.45) is 6.63. The van der Waals surface area contributed by atoms with Crippen LogP contribution in [0.1, 0.15) is 48.5 Å². The minimum atomic E-state index is -0.818. The van der Waals surface area contributed by atoms with Gasteiger partial charge in [0.05, 0.1) is 5.69 Å². The third kappa shape index (κ3) is 4.00. The van der Waals surface area contributed by atoms with E-state index in [1.54, 1.807) is 6.07 Å². The number of nitrogens with one attached hydrogen (secondary N) is 1. The number of anilines is 1. The van der Waals surface area contributed by atoms with Gasteiger partial charge in [0.25, 0.3) is 0 Å². The molecule has 1 aliphatic heterocycles. The first kappa shape index (κ1) is 19.2. The van der Waals surface area contributed by atoms with Crippen LogP contribution >= 0.6 is 0 Å². The molecule has 1 fully saturated rings. The lowest BCUT2D eigenvalue weighted by Crippen LogP contribution is -2.36. The van der Waals surface area contributed by atoms with Gasteiger partial charge in [-0.15, -0.1) is 0 Å². The molecular weight excluding hydrogens is 362 g/mol. The molecule has 1 aromatic carbocycles. The van der Waals surface area contributed by atoms with Gasteiger partial charge in [-0.2, -0.15) is 0 Å². The Morgan fingerprint density at radius 1 is 1.18 bits per heavy atom. The molecule has 7 heteroatoms. The normalized spacial score (nSPS) is 20.2. The van der Waals surface area contributed by atoms with Crippen molar-refractivity contribution < 1.29 is 13.9 Å². The van der Waals surface area contributed by atoms with Gasteiger partial charge in [0.15, 0.2) is 11.6 Å². The lowest BCUT2D eigenvalue weighted by atomic mass is 9.92.